The van der Waals surface area contributed by atoms with Gasteiger partial charge >= 0.3 is 6.01 Å². The van der Waals surface area contributed by atoms with Gasteiger partial charge in [0.25, 0.3) is 5.91 Å². The van der Waals surface area contributed by atoms with Gasteiger partial charge in [0.15, 0.2) is 5.82 Å². The first-order valence-electron chi connectivity index (χ1n) is 10.3. The molecule has 0 radical (unpaired) electrons. The lowest BCUT2D eigenvalue weighted by atomic mass is 10.1. The molecule has 0 saturated heterocycles. The maximum absolute atomic E-state index is 12.7. The van der Waals surface area contributed by atoms with Crippen LogP contribution in [0.5, 0.6) is 11.8 Å². The van der Waals surface area contributed by atoms with E-state index >= 15 is 0 Å². The number of hydrogen-bond donors (Lipinski definition) is 1. The molecule has 0 aliphatic heterocycles. The summed E-state index contributed by atoms with van der Waals surface area (Å²) in [5.41, 5.74) is 3.93. The average molecular weight is 428 g/mol. The molecule has 32 heavy (non-hydrogen) atoms. The molecular weight excluding hydrogens is 404 g/mol. The molecule has 7 nitrogen and oxygen atoms in total. The summed E-state index contributed by atoms with van der Waals surface area (Å²) in [6.07, 6.45) is 0. The quantitative estimate of drug-likeness (QED) is 0.453. The average Bonchev–Trinajstić information content (AvgIpc) is 3.23. The standard InChI is InChI=1S/C25H24N4O3/c1-4-32-25-27-23(22-14-6-5-9-17(22)2)29(28-25)20-12-8-11-19(16-20)26-24(30)18-10-7-13-21(15-18)31-3/h5-16H,4H2,1-3H3,(H,26,30). The summed E-state index contributed by atoms with van der Waals surface area (Å²) in [5, 5.41) is 7.48. The molecule has 1 aromatic heterocycles. The number of carbonyl (C=O) groups excluding carboxylic acids is 1. The van der Waals surface area contributed by atoms with E-state index < -0.39 is 0 Å². The number of carbonyl (C=O) groups is 1. The van der Waals surface area contributed by atoms with Crippen LogP contribution >= 0.6 is 0 Å². The van der Waals surface area contributed by atoms with Crippen molar-refractivity contribution >= 4 is 11.6 Å². The van der Waals surface area contributed by atoms with Crippen molar-refractivity contribution in [2.24, 2.45) is 0 Å². The third-order valence-corrected chi connectivity index (χ3v) is 4.93. The van der Waals surface area contributed by atoms with E-state index in [2.05, 4.69) is 15.4 Å². The second-order valence-corrected chi connectivity index (χ2v) is 7.11. The van der Waals surface area contributed by atoms with Crippen LogP contribution in [-0.4, -0.2) is 34.4 Å². The lowest BCUT2D eigenvalue weighted by molar-refractivity contribution is 0.102. The molecule has 0 fully saturated rings. The summed E-state index contributed by atoms with van der Waals surface area (Å²) in [6, 6.07) is 22.7. The molecule has 3 aromatic carbocycles. The molecule has 7 heteroatoms. The number of benzene rings is 3. The van der Waals surface area contributed by atoms with Crippen LogP contribution in [0.25, 0.3) is 17.1 Å². The fraction of sp³-hybridized carbons (Fsp3) is 0.160. The van der Waals surface area contributed by atoms with Crippen LogP contribution in [0.2, 0.25) is 0 Å². The first kappa shape index (κ1) is 21.1. The largest absolute Gasteiger partial charge is 0.497 e. The molecule has 0 atom stereocenters. The van der Waals surface area contributed by atoms with E-state index in [0.29, 0.717) is 35.4 Å². The zero-order valence-corrected chi connectivity index (χ0v) is 18.2. The first-order chi connectivity index (χ1) is 15.6. The predicted octanol–water partition coefficient (Wildman–Crippen LogP) is 4.90. The molecule has 4 aromatic rings. The molecule has 0 aliphatic carbocycles. The van der Waals surface area contributed by atoms with Crippen LogP contribution in [0.1, 0.15) is 22.8 Å². The van der Waals surface area contributed by atoms with E-state index in [1.165, 1.54) is 0 Å². The van der Waals surface area contributed by atoms with Gasteiger partial charge < -0.3 is 14.8 Å². The van der Waals surface area contributed by atoms with Crippen molar-refractivity contribution in [1.29, 1.82) is 0 Å². The van der Waals surface area contributed by atoms with E-state index in [0.717, 1.165) is 16.8 Å². The molecule has 0 aliphatic rings. The zero-order chi connectivity index (χ0) is 22.5. The maximum Gasteiger partial charge on any atom is 0.336 e. The highest BCUT2D eigenvalue weighted by Gasteiger charge is 2.17. The number of rotatable bonds is 7. The molecule has 1 heterocycles. The van der Waals surface area contributed by atoms with Crippen molar-refractivity contribution in [2.75, 3.05) is 19.0 Å². The van der Waals surface area contributed by atoms with Gasteiger partial charge in [-0.3, -0.25) is 4.79 Å². The van der Waals surface area contributed by atoms with Crippen molar-refractivity contribution in [1.82, 2.24) is 14.8 Å². The number of nitrogens with zero attached hydrogens (tertiary/aromatic N) is 3. The third kappa shape index (κ3) is 4.46. The van der Waals surface area contributed by atoms with Crippen molar-refractivity contribution in [3.05, 3.63) is 83.9 Å². The number of aryl methyl sites for hydroxylation is 1. The lowest BCUT2D eigenvalue weighted by Crippen LogP contribution is -2.12. The fourth-order valence-corrected chi connectivity index (χ4v) is 3.34. The van der Waals surface area contributed by atoms with Crippen molar-refractivity contribution in [3.8, 4) is 28.8 Å². The van der Waals surface area contributed by atoms with Gasteiger partial charge in [0.1, 0.15) is 5.75 Å². The number of amides is 1. The summed E-state index contributed by atoms with van der Waals surface area (Å²) < 4.78 is 12.5. The van der Waals surface area contributed by atoms with Gasteiger partial charge in [-0.1, -0.05) is 36.4 Å². The maximum atomic E-state index is 12.7. The van der Waals surface area contributed by atoms with Crippen LogP contribution in [0.4, 0.5) is 5.69 Å². The molecule has 0 saturated carbocycles. The Morgan fingerprint density at radius 3 is 2.62 bits per heavy atom. The SMILES string of the molecule is CCOc1nc(-c2ccccc2C)n(-c2cccc(NC(=O)c3cccc(OC)c3)c2)n1. The molecule has 1 amide bonds. The minimum atomic E-state index is -0.228. The van der Waals surface area contributed by atoms with Gasteiger partial charge in [-0.05, 0) is 55.8 Å². The lowest BCUT2D eigenvalue weighted by Gasteiger charge is -2.11. The molecule has 162 valence electrons. The monoisotopic (exact) mass is 428 g/mol. The van der Waals surface area contributed by atoms with Crippen molar-refractivity contribution in [2.45, 2.75) is 13.8 Å². The molecule has 4 rings (SSSR count). The Hall–Kier alpha value is -4.13. The number of methoxy groups -OCH3 is 1. The molecule has 0 spiro atoms. The van der Waals surface area contributed by atoms with E-state index in [9.17, 15) is 4.79 Å². The fourth-order valence-electron chi connectivity index (χ4n) is 3.34. The summed E-state index contributed by atoms with van der Waals surface area (Å²) in [6.45, 7) is 4.39. The normalized spacial score (nSPS) is 10.6. The summed E-state index contributed by atoms with van der Waals surface area (Å²) >= 11 is 0. The van der Waals surface area contributed by atoms with E-state index in [1.54, 1.807) is 36.1 Å². The van der Waals surface area contributed by atoms with Gasteiger partial charge in [0.05, 0.1) is 19.4 Å². The van der Waals surface area contributed by atoms with Crippen molar-refractivity contribution < 1.29 is 14.3 Å². The Balaban J connectivity index is 1.68. The van der Waals surface area contributed by atoms with Gasteiger partial charge in [0, 0.05) is 16.8 Å². The highest BCUT2D eigenvalue weighted by molar-refractivity contribution is 6.04. The number of nitrogens with one attached hydrogen (secondary N) is 1. The number of hydrogen-bond acceptors (Lipinski definition) is 5. The van der Waals surface area contributed by atoms with Crippen LogP contribution < -0.4 is 14.8 Å². The number of ether oxygens (including phenoxy) is 2. The van der Waals surface area contributed by atoms with Gasteiger partial charge in [-0.2, -0.15) is 4.98 Å². The van der Waals surface area contributed by atoms with Crippen LogP contribution in [0.3, 0.4) is 0 Å². The Labute approximate surface area is 186 Å². The van der Waals surface area contributed by atoms with Gasteiger partial charge in [-0.15, -0.1) is 5.10 Å². The van der Waals surface area contributed by atoms with Crippen LogP contribution in [0, 0.1) is 6.92 Å². The van der Waals surface area contributed by atoms with Crippen LogP contribution in [-0.2, 0) is 0 Å². The molecule has 0 bridgehead atoms. The Morgan fingerprint density at radius 1 is 1.03 bits per heavy atom. The Bertz CT molecular complexity index is 1250. The smallest absolute Gasteiger partial charge is 0.336 e. The zero-order valence-electron chi connectivity index (χ0n) is 18.2. The summed E-state index contributed by atoms with van der Waals surface area (Å²) in [4.78, 5) is 17.3. The molecule has 1 N–H and O–H groups in total. The predicted molar refractivity (Wildman–Crippen MR) is 124 cm³/mol. The third-order valence-electron chi connectivity index (χ3n) is 4.93. The topological polar surface area (TPSA) is 78.3 Å². The number of aromatic nitrogens is 3. The Kier molecular flexibility index (Phi) is 6.17. The summed E-state index contributed by atoms with van der Waals surface area (Å²) in [5.74, 6) is 1.07. The molecule has 0 unspecified atom stereocenters. The van der Waals surface area contributed by atoms with Gasteiger partial charge in [-0.25, -0.2) is 4.68 Å². The highest BCUT2D eigenvalue weighted by Crippen LogP contribution is 2.27. The first-order valence-corrected chi connectivity index (χ1v) is 10.3. The second kappa shape index (κ2) is 9.34. The molecular formula is C25H24N4O3. The summed E-state index contributed by atoms with van der Waals surface area (Å²) in [7, 11) is 1.57. The minimum absolute atomic E-state index is 0.228. The van der Waals surface area contributed by atoms with Gasteiger partial charge in [0.2, 0.25) is 0 Å². The van der Waals surface area contributed by atoms with E-state index in [1.807, 2.05) is 62.4 Å². The van der Waals surface area contributed by atoms with Crippen molar-refractivity contribution in [3.63, 3.8) is 0 Å². The van der Waals surface area contributed by atoms with Crippen LogP contribution in [0.15, 0.2) is 72.8 Å². The highest BCUT2D eigenvalue weighted by atomic mass is 16.5. The second-order valence-electron chi connectivity index (χ2n) is 7.11. The van der Waals surface area contributed by atoms with E-state index in [-0.39, 0.29) is 5.91 Å². The Morgan fingerprint density at radius 2 is 1.84 bits per heavy atom. The van der Waals surface area contributed by atoms with E-state index in [4.69, 9.17) is 9.47 Å². The number of anilines is 1. The minimum Gasteiger partial charge on any atom is -0.497 e.